The van der Waals surface area contributed by atoms with Crippen molar-refractivity contribution in [3.63, 3.8) is 0 Å². The van der Waals surface area contributed by atoms with Crippen molar-refractivity contribution in [2.45, 2.75) is 13.5 Å². The SMILES string of the molecule is CC(=O)N/C=C1/CN(c2ccc(N3CCON(Cc4cccnc4)CC3)c(F)c2)C(=O)O1. The molecule has 0 atom stereocenters. The second-order valence-electron chi connectivity index (χ2n) is 7.45. The predicted octanol–water partition coefficient (Wildman–Crippen LogP) is 2.41. The molecule has 3 heterocycles. The third kappa shape index (κ3) is 5.21. The number of nitrogens with one attached hydrogen (secondary N) is 1. The minimum absolute atomic E-state index is 0.110. The van der Waals surface area contributed by atoms with Gasteiger partial charge in [-0.2, -0.15) is 5.06 Å². The summed E-state index contributed by atoms with van der Waals surface area (Å²) >= 11 is 0. The second kappa shape index (κ2) is 9.75. The van der Waals surface area contributed by atoms with E-state index in [4.69, 9.17) is 9.57 Å². The molecule has 2 aliphatic rings. The zero-order chi connectivity index (χ0) is 22.5. The van der Waals surface area contributed by atoms with Crippen molar-refractivity contribution in [2.24, 2.45) is 0 Å². The third-order valence-electron chi connectivity index (χ3n) is 5.11. The Balaban J connectivity index is 1.40. The van der Waals surface area contributed by atoms with E-state index in [1.807, 2.05) is 22.1 Å². The first-order valence-electron chi connectivity index (χ1n) is 10.3. The maximum atomic E-state index is 15.0. The molecule has 0 bridgehead atoms. The lowest BCUT2D eigenvalue weighted by atomic mass is 10.2. The fourth-order valence-corrected chi connectivity index (χ4v) is 3.54. The highest BCUT2D eigenvalue weighted by atomic mass is 19.1. The van der Waals surface area contributed by atoms with Gasteiger partial charge < -0.3 is 15.0 Å². The van der Waals surface area contributed by atoms with Crippen molar-refractivity contribution in [3.8, 4) is 0 Å². The van der Waals surface area contributed by atoms with Gasteiger partial charge in [-0.3, -0.25) is 19.5 Å². The van der Waals surface area contributed by atoms with Crippen molar-refractivity contribution in [3.05, 3.63) is 66.1 Å². The number of amides is 2. The van der Waals surface area contributed by atoms with Gasteiger partial charge in [-0.1, -0.05) is 6.07 Å². The molecular formula is C22H24FN5O4. The van der Waals surface area contributed by atoms with Gasteiger partial charge in [-0.15, -0.1) is 0 Å². The Labute approximate surface area is 185 Å². The molecule has 4 rings (SSSR count). The van der Waals surface area contributed by atoms with Crippen LogP contribution in [0.25, 0.3) is 0 Å². The summed E-state index contributed by atoms with van der Waals surface area (Å²) in [5.41, 5.74) is 1.87. The van der Waals surface area contributed by atoms with Crippen LogP contribution >= 0.6 is 0 Å². The molecule has 2 aromatic rings. The minimum Gasteiger partial charge on any atom is -0.411 e. The van der Waals surface area contributed by atoms with Crippen molar-refractivity contribution < 1.29 is 23.6 Å². The van der Waals surface area contributed by atoms with Gasteiger partial charge in [0.2, 0.25) is 5.91 Å². The number of hydrogen-bond donors (Lipinski definition) is 1. The summed E-state index contributed by atoms with van der Waals surface area (Å²) in [4.78, 5) is 36.3. The summed E-state index contributed by atoms with van der Waals surface area (Å²) in [5, 5.41) is 4.32. The van der Waals surface area contributed by atoms with Crippen molar-refractivity contribution in [2.75, 3.05) is 42.6 Å². The van der Waals surface area contributed by atoms with Crippen LogP contribution in [0, 0.1) is 5.82 Å². The van der Waals surface area contributed by atoms with Gasteiger partial charge >= 0.3 is 6.09 Å². The number of hydroxylamine groups is 2. The predicted molar refractivity (Wildman–Crippen MR) is 115 cm³/mol. The number of benzene rings is 1. The number of anilines is 2. The number of cyclic esters (lactones) is 1. The molecule has 10 heteroatoms. The average Bonchev–Trinajstić information content (AvgIpc) is 3.00. The highest BCUT2D eigenvalue weighted by Gasteiger charge is 2.29. The van der Waals surface area contributed by atoms with E-state index in [-0.39, 0.29) is 18.2 Å². The van der Waals surface area contributed by atoms with Gasteiger partial charge in [0.25, 0.3) is 0 Å². The number of rotatable bonds is 5. The van der Waals surface area contributed by atoms with Crippen molar-refractivity contribution in [1.82, 2.24) is 15.4 Å². The molecule has 1 aromatic carbocycles. The van der Waals surface area contributed by atoms with Gasteiger partial charge in [0.05, 0.1) is 31.1 Å². The lowest BCUT2D eigenvalue weighted by Gasteiger charge is -2.24. The Hall–Kier alpha value is -3.50. The maximum Gasteiger partial charge on any atom is 0.419 e. The van der Waals surface area contributed by atoms with E-state index in [2.05, 4.69) is 10.3 Å². The van der Waals surface area contributed by atoms with Crippen LogP contribution in [0.5, 0.6) is 0 Å². The highest BCUT2D eigenvalue weighted by Crippen LogP contribution is 2.29. The molecular weight excluding hydrogens is 417 g/mol. The van der Waals surface area contributed by atoms with Crippen LogP contribution in [0.1, 0.15) is 12.5 Å². The Bertz CT molecular complexity index is 1020. The number of hydrogen-bond acceptors (Lipinski definition) is 7. The van der Waals surface area contributed by atoms with Crippen LogP contribution in [0.4, 0.5) is 20.6 Å². The van der Waals surface area contributed by atoms with Gasteiger partial charge in [0, 0.05) is 45.2 Å². The van der Waals surface area contributed by atoms with Gasteiger partial charge in [-0.05, 0) is 29.8 Å². The molecule has 2 aliphatic heterocycles. The molecule has 2 saturated heterocycles. The van der Waals surface area contributed by atoms with E-state index in [0.29, 0.717) is 44.2 Å². The lowest BCUT2D eigenvalue weighted by Crippen LogP contribution is -2.31. The summed E-state index contributed by atoms with van der Waals surface area (Å²) in [6.07, 6.45) is 4.23. The highest BCUT2D eigenvalue weighted by molar-refractivity contribution is 5.91. The van der Waals surface area contributed by atoms with Crippen LogP contribution < -0.4 is 15.1 Å². The third-order valence-corrected chi connectivity index (χ3v) is 5.11. The molecule has 0 unspecified atom stereocenters. The first-order chi connectivity index (χ1) is 15.5. The smallest absolute Gasteiger partial charge is 0.411 e. The Morgan fingerprint density at radius 3 is 2.91 bits per heavy atom. The topological polar surface area (TPSA) is 87.2 Å². The van der Waals surface area contributed by atoms with Crippen LogP contribution in [-0.2, 0) is 20.9 Å². The molecule has 2 fully saturated rings. The first kappa shape index (κ1) is 21.7. The minimum atomic E-state index is -0.622. The monoisotopic (exact) mass is 441 g/mol. The average molecular weight is 441 g/mol. The number of ether oxygens (including phenoxy) is 1. The number of halogens is 1. The lowest BCUT2D eigenvalue weighted by molar-refractivity contribution is -0.154. The Morgan fingerprint density at radius 1 is 1.28 bits per heavy atom. The molecule has 0 aliphatic carbocycles. The molecule has 2 amide bonds. The fraction of sp³-hybridized carbons (Fsp3) is 0.318. The van der Waals surface area contributed by atoms with Crippen LogP contribution in [0.3, 0.4) is 0 Å². The molecule has 168 valence electrons. The number of aromatic nitrogens is 1. The second-order valence-corrected chi connectivity index (χ2v) is 7.45. The van der Waals surface area contributed by atoms with E-state index >= 15 is 0 Å². The summed E-state index contributed by atoms with van der Waals surface area (Å²) < 4.78 is 20.1. The molecule has 1 aromatic heterocycles. The molecule has 0 radical (unpaired) electrons. The van der Waals surface area contributed by atoms with Crippen LogP contribution in [-0.4, -0.2) is 54.8 Å². The van der Waals surface area contributed by atoms with Crippen LogP contribution in [0.15, 0.2) is 54.7 Å². The standard InChI is InChI=1S/C22H24FN5O4/c1-16(29)25-13-19-15-28(22(30)32-19)18-4-5-21(20(23)11-18)26-7-8-27(31-10-9-26)14-17-3-2-6-24-12-17/h2-6,11-13H,7-10,14-15H2,1H3,(H,25,29)/b19-13-. The first-order valence-corrected chi connectivity index (χ1v) is 10.3. The van der Waals surface area contributed by atoms with Gasteiger partial charge in [-0.25, -0.2) is 9.18 Å². The maximum absolute atomic E-state index is 15.0. The van der Waals surface area contributed by atoms with E-state index < -0.39 is 11.9 Å². The Morgan fingerprint density at radius 2 is 2.16 bits per heavy atom. The van der Waals surface area contributed by atoms with E-state index in [1.165, 1.54) is 24.1 Å². The van der Waals surface area contributed by atoms with Crippen molar-refractivity contribution in [1.29, 1.82) is 0 Å². The zero-order valence-corrected chi connectivity index (χ0v) is 17.7. The number of pyridine rings is 1. The summed E-state index contributed by atoms with van der Waals surface area (Å²) in [5.74, 6) is -0.425. The summed E-state index contributed by atoms with van der Waals surface area (Å²) in [7, 11) is 0. The van der Waals surface area contributed by atoms with Gasteiger partial charge in [0.1, 0.15) is 11.6 Å². The van der Waals surface area contributed by atoms with E-state index in [9.17, 15) is 14.0 Å². The molecule has 32 heavy (non-hydrogen) atoms. The van der Waals surface area contributed by atoms with Crippen LogP contribution in [0.2, 0.25) is 0 Å². The number of carbonyl (C=O) groups is 2. The molecule has 1 N–H and O–H groups in total. The summed E-state index contributed by atoms with van der Waals surface area (Å²) in [6.45, 7) is 4.23. The normalized spacial score (nSPS) is 18.6. The summed E-state index contributed by atoms with van der Waals surface area (Å²) in [6, 6.07) is 8.52. The molecule has 0 spiro atoms. The van der Waals surface area contributed by atoms with Gasteiger partial charge in [0.15, 0.2) is 0 Å². The number of carbonyl (C=O) groups excluding carboxylic acids is 2. The quantitative estimate of drug-likeness (QED) is 0.763. The van der Waals surface area contributed by atoms with E-state index in [1.54, 1.807) is 24.5 Å². The largest absolute Gasteiger partial charge is 0.419 e. The Kier molecular flexibility index (Phi) is 6.62. The van der Waals surface area contributed by atoms with E-state index in [0.717, 1.165) is 5.56 Å². The number of nitrogens with zero attached hydrogens (tertiary/aromatic N) is 4. The molecule has 0 saturated carbocycles. The zero-order valence-electron chi connectivity index (χ0n) is 17.7. The fourth-order valence-electron chi connectivity index (χ4n) is 3.54. The molecule has 9 nitrogen and oxygen atoms in total. The van der Waals surface area contributed by atoms with Crippen molar-refractivity contribution >= 4 is 23.4 Å².